The SMILES string of the molecule is CC(C)CS(=O)(=O)CCOc1ccccc1CN. The number of hydrogen-bond donors (Lipinski definition) is 1. The molecule has 0 unspecified atom stereocenters. The van der Waals surface area contributed by atoms with Gasteiger partial charge in [0.25, 0.3) is 0 Å². The van der Waals surface area contributed by atoms with E-state index in [-0.39, 0.29) is 24.0 Å². The lowest BCUT2D eigenvalue weighted by molar-refractivity contribution is 0.337. The van der Waals surface area contributed by atoms with Crippen LogP contribution >= 0.6 is 0 Å². The van der Waals surface area contributed by atoms with E-state index >= 15 is 0 Å². The molecule has 2 N–H and O–H groups in total. The molecule has 0 aromatic heterocycles. The van der Waals surface area contributed by atoms with E-state index in [1.807, 2.05) is 32.0 Å². The van der Waals surface area contributed by atoms with Crippen LogP contribution in [0.2, 0.25) is 0 Å². The summed E-state index contributed by atoms with van der Waals surface area (Å²) in [6.45, 7) is 4.34. The Hall–Kier alpha value is -1.07. The molecule has 1 aromatic rings. The lowest BCUT2D eigenvalue weighted by Gasteiger charge is -2.11. The molecule has 4 nitrogen and oxygen atoms in total. The number of rotatable bonds is 7. The molecule has 0 saturated heterocycles. The zero-order chi connectivity index (χ0) is 13.6. The zero-order valence-corrected chi connectivity index (χ0v) is 11.7. The first-order valence-electron chi connectivity index (χ1n) is 6.06. The summed E-state index contributed by atoms with van der Waals surface area (Å²) < 4.78 is 28.8. The first-order valence-corrected chi connectivity index (χ1v) is 7.88. The number of para-hydroxylation sites is 1. The van der Waals surface area contributed by atoms with E-state index in [4.69, 9.17) is 10.5 Å². The van der Waals surface area contributed by atoms with Gasteiger partial charge in [0.15, 0.2) is 9.84 Å². The molecule has 1 rings (SSSR count). The number of nitrogens with two attached hydrogens (primary N) is 1. The summed E-state index contributed by atoms with van der Waals surface area (Å²) in [6, 6.07) is 7.40. The van der Waals surface area contributed by atoms with Gasteiger partial charge >= 0.3 is 0 Å². The van der Waals surface area contributed by atoms with Gasteiger partial charge in [0.05, 0.1) is 11.5 Å². The Labute approximate surface area is 109 Å². The van der Waals surface area contributed by atoms with Crippen LogP contribution in [0.3, 0.4) is 0 Å². The Balaban J connectivity index is 2.51. The van der Waals surface area contributed by atoms with Crippen molar-refractivity contribution in [3.63, 3.8) is 0 Å². The fraction of sp³-hybridized carbons (Fsp3) is 0.538. The topological polar surface area (TPSA) is 69.4 Å². The van der Waals surface area contributed by atoms with Gasteiger partial charge in [0.1, 0.15) is 12.4 Å². The highest BCUT2D eigenvalue weighted by atomic mass is 32.2. The van der Waals surface area contributed by atoms with Crippen molar-refractivity contribution in [3.8, 4) is 5.75 Å². The minimum absolute atomic E-state index is 0.0457. The Morgan fingerprint density at radius 2 is 1.94 bits per heavy atom. The molecule has 0 heterocycles. The lowest BCUT2D eigenvalue weighted by Crippen LogP contribution is -2.20. The summed E-state index contributed by atoms with van der Waals surface area (Å²) in [5, 5.41) is 0. The van der Waals surface area contributed by atoms with Gasteiger partial charge in [-0.1, -0.05) is 32.0 Å². The largest absolute Gasteiger partial charge is 0.492 e. The van der Waals surface area contributed by atoms with Crippen molar-refractivity contribution >= 4 is 9.84 Å². The van der Waals surface area contributed by atoms with Crippen molar-refractivity contribution in [3.05, 3.63) is 29.8 Å². The predicted octanol–water partition coefficient (Wildman–Crippen LogP) is 1.59. The molecule has 102 valence electrons. The van der Waals surface area contributed by atoms with Crippen molar-refractivity contribution in [2.45, 2.75) is 20.4 Å². The second-order valence-corrected chi connectivity index (χ2v) is 6.90. The normalized spacial score (nSPS) is 11.8. The quantitative estimate of drug-likeness (QED) is 0.817. The maximum Gasteiger partial charge on any atom is 0.153 e. The standard InChI is InChI=1S/C13H21NO3S/c1-11(2)10-18(15,16)8-7-17-13-6-4-3-5-12(13)9-14/h3-6,11H,7-10,14H2,1-2H3. The van der Waals surface area contributed by atoms with Crippen LogP contribution in [0.1, 0.15) is 19.4 Å². The van der Waals surface area contributed by atoms with E-state index in [1.165, 1.54) is 0 Å². The molecule has 0 atom stereocenters. The van der Waals surface area contributed by atoms with E-state index in [1.54, 1.807) is 6.07 Å². The van der Waals surface area contributed by atoms with Crippen LogP contribution in [0.5, 0.6) is 5.75 Å². The van der Waals surface area contributed by atoms with Crippen LogP contribution in [0.4, 0.5) is 0 Å². The molecule has 0 bridgehead atoms. The van der Waals surface area contributed by atoms with Crippen molar-refractivity contribution in [1.29, 1.82) is 0 Å². The van der Waals surface area contributed by atoms with Gasteiger partial charge in [0, 0.05) is 12.1 Å². The van der Waals surface area contributed by atoms with Crippen LogP contribution in [-0.2, 0) is 16.4 Å². The van der Waals surface area contributed by atoms with E-state index in [9.17, 15) is 8.42 Å². The van der Waals surface area contributed by atoms with Crippen molar-refractivity contribution in [1.82, 2.24) is 0 Å². The molecular weight excluding hydrogens is 250 g/mol. The molecule has 0 fully saturated rings. The van der Waals surface area contributed by atoms with E-state index in [0.717, 1.165) is 5.56 Å². The molecule has 0 spiro atoms. The van der Waals surface area contributed by atoms with Gasteiger partial charge in [-0.25, -0.2) is 8.42 Å². The third kappa shape index (κ3) is 5.06. The molecule has 5 heteroatoms. The first kappa shape index (κ1) is 15.0. The monoisotopic (exact) mass is 271 g/mol. The molecule has 1 aromatic carbocycles. The van der Waals surface area contributed by atoms with Gasteiger partial charge in [-0.2, -0.15) is 0 Å². The maximum atomic E-state index is 11.7. The van der Waals surface area contributed by atoms with Gasteiger partial charge in [-0.3, -0.25) is 0 Å². The van der Waals surface area contributed by atoms with Crippen LogP contribution in [0.25, 0.3) is 0 Å². The Morgan fingerprint density at radius 1 is 1.28 bits per heavy atom. The summed E-state index contributed by atoms with van der Waals surface area (Å²) in [6.07, 6.45) is 0. The highest BCUT2D eigenvalue weighted by molar-refractivity contribution is 7.91. The highest BCUT2D eigenvalue weighted by Gasteiger charge is 2.13. The summed E-state index contributed by atoms with van der Waals surface area (Å²) in [5.74, 6) is 1.06. The van der Waals surface area contributed by atoms with E-state index in [0.29, 0.717) is 12.3 Å². The molecule has 0 aliphatic heterocycles. The Kier molecular flexibility index (Phi) is 5.62. The van der Waals surface area contributed by atoms with Crippen LogP contribution in [0, 0.1) is 5.92 Å². The predicted molar refractivity (Wildman–Crippen MR) is 73.3 cm³/mol. The van der Waals surface area contributed by atoms with Crippen LogP contribution in [0.15, 0.2) is 24.3 Å². The maximum absolute atomic E-state index is 11.7. The molecule has 0 radical (unpaired) electrons. The van der Waals surface area contributed by atoms with E-state index in [2.05, 4.69) is 0 Å². The molecule has 18 heavy (non-hydrogen) atoms. The van der Waals surface area contributed by atoms with Crippen molar-refractivity contribution in [2.75, 3.05) is 18.1 Å². The van der Waals surface area contributed by atoms with Crippen molar-refractivity contribution in [2.24, 2.45) is 11.7 Å². The summed E-state index contributed by atoms with van der Waals surface area (Å²) >= 11 is 0. The molecular formula is C13H21NO3S. The third-order valence-corrected chi connectivity index (χ3v) is 4.39. The first-order chi connectivity index (χ1) is 8.44. The van der Waals surface area contributed by atoms with E-state index < -0.39 is 9.84 Å². The van der Waals surface area contributed by atoms with Crippen molar-refractivity contribution < 1.29 is 13.2 Å². The second kappa shape index (κ2) is 6.75. The second-order valence-electron chi connectivity index (χ2n) is 4.67. The fourth-order valence-electron chi connectivity index (χ4n) is 1.68. The van der Waals surface area contributed by atoms with Gasteiger partial charge in [0.2, 0.25) is 0 Å². The average molecular weight is 271 g/mol. The minimum Gasteiger partial charge on any atom is -0.492 e. The van der Waals surface area contributed by atoms with Gasteiger partial charge in [-0.15, -0.1) is 0 Å². The Bertz CT molecular complexity index is 469. The zero-order valence-electron chi connectivity index (χ0n) is 10.9. The van der Waals surface area contributed by atoms with Crippen LogP contribution < -0.4 is 10.5 Å². The number of ether oxygens (including phenoxy) is 1. The van der Waals surface area contributed by atoms with Gasteiger partial charge < -0.3 is 10.5 Å². The molecule has 0 amide bonds. The van der Waals surface area contributed by atoms with Crippen LogP contribution in [-0.4, -0.2) is 26.5 Å². The highest BCUT2D eigenvalue weighted by Crippen LogP contribution is 2.17. The minimum atomic E-state index is -3.03. The smallest absolute Gasteiger partial charge is 0.153 e. The lowest BCUT2D eigenvalue weighted by atomic mass is 10.2. The molecule has 0 aliphatic rings. The summed E-state index contributed by atoms with van der Waals surface area (Å²) in [7, 11) is -3.03. The van der Waals surface area contributed by atoms with Gasteiger partial charge in [-0.05, 0) is 12.0 Å². The average Bonchev–Trinajstić information content (AvgIpc) is 2.27. The number of sulfone groups is 1. The number of benzene rings is 1. The Morgan fingerprint density at radius 3 is 2.56 bits per heavy atom. The fourth-order valence-corrected chi connectivity index (χ4v) is 3.20. The third-order valence-electron chi connectivity index (χ3n) is 2.43. The molecule has 0 saturated carbocycles. The molecule has 0 aliphatic carbocycles. The summed E-state index contributed by atoms with van der Waals surface area (Å²) in [5.41, 5.74) is 6.46. The number of hydrogen-bond acceptors (Lipinski definition) is 4. The summed E-state index contributed by atoms with van der Waals surface area (Å²) in [4.78, 5) is 0.